The Morgan fingerprint density at radius 1 is 1.11 bits per heavy atom. The number of Topliss-reactive ketones (excluding diaryl/α,β-unsaturated/α-hetero) is 1. The third-order valence-corrected chi connectivity index (χ3v) is 5.03. The Morgan fingerprint density at radius 3 is 2.18 bits per heavy atom. The summed E-state index contributed by atoms with van der Waals surface area (Å²) in [5.74, 6) is -1.82. The second kappa shape index (κ2) is 7.43. The number of halogens is 4. The largest absolute Gasteiger partial charge is 0.503 e. The van der Waals surface area contributed by atoms with Gasteiger partial charge in [0.15, 0.2) is 11.5 Å². The molecular formula is C20H15BrF3NO3. The van der Waals surface area contributed by atoms with E-state index in [-0.39, 0.29) is 12.1 Å². The fraction of sp³-hybridized carbons (Fsp3) is 0.200. The minimum absolute atomic E-state index is 0.0285. The van der Waals surface area contributed by atoms with Crippen LogP contribution in [0.5, 0.6) is 0 Å². The summed E-state index contributed by atoms with van der Waals surface area (Å²) >= 11 is 3.31. The van der Waals surface area contributed by atoms with Gasteiger partial charge in [-0.05, 0) is 42.3 Å². The van der Waals surface area contributed by atoms with Crippen LogP contribution in [-0.4, -0.2) is 21.7 Å². The minimum atomic E-state index is -4.45. The Balaban J connectivity index is 1.97. The maximum Gasteiger partial charge on any atom is 0.416 e. The maximum atomic E-state index is 12.7. The number of ketones is 1. The highest BCUT2D eigenvalue weighted by Crippen LogP contribution is 2.39. The van der Waals surface area contributed by atoms with Crippen LogP contribution < -0.4 is 0 Å². The predicted octanol–water partition coefficient (Wildman–Crippen LogP) is 4.95. The van der Waals surface area contributed by atoms with Gasteiger partial charge in [-0.25, -0.2) is 0 Å². The van der Waals surface area contributed by atoms with E-state index in [0.29, 0.717) is 11.1 Å². The highest BCUT2D eigenvalue weighted by molar-refractivity contribution is 9.10. The number of benzene rings is 2. The smallest absolute Gasteiger partial charge is 0.416 e. The van der Waals surface area contributed by atoms with E-state index in [2.05, 4.69) is 15.9 Å². The molecule has 146 valence electrons. The summed E-state index contributed by atoms with van der Waals surface area (Å²) in [7, 11) is 0. The zero-order valence-electron chi connectivity index (χ0n) is 14.6. The number of aliphatic hydroxyl groups is 1. The second-order valence-corrected chi connectivity index (χ2v) is 7.32. The molecule has 1 aliphatic rings. The average Bonchev–Trinajstić information content (AvgIpc) is 2.87. The molecular weight excluding hydrogens is 439 g/mol. The minimum Gasteiger partial charge on any atom is -0.503 e. The van der Waals surface area contributed by atoms with Gasteiger partial charge in [0.1, 0.15) is 0 Å². The number of alkyl halides is 3. The molecule has 0 aromatic heterocycles. The van der Waals surface area contributed by atoms with Crippen LogP contribution >= 0.6 is 15.9 Å². The SMILES string of the molecule is CC(=O)C1=C(O)C(=O)N(Cc2ccc(C(F)(F)F)cc2)C1c1ccc(Br)cc1. The molecule has 1 atom stereocenters. The molecule has 0 bridgehead atoms. The van der Waals surface area contributed by atoms with Crippen molar-refractivity contribution in [3.63, 3.8) is 0 Å². The number of carbonyl (C=O) groups is 2. The topological polar surface area (TPSA) is 57.6 Å². The van der Waals surface area contributed by atoms with Gasteiger partial charge in [0.25, 0.3) is 5.91 Å². The van der Waals surface area contributed by atoms with Crippen LogP contribution in [0.1, 0.15) is 29.7 Å². The number of rotatable bonds is 4. The van der Waals surface area contributed by atoms with Gasteiger partial charge in [-0.1, -0.05) is 40.2 Å². The van der Waals surface area contributed by atoms with Gasteiger partial charge in [0, 0.05) is 11.0 Å². The molecule has 0 aliphatic carbocycles. The summed E-state index contributed by atoms with van der Waals surface area (Å²) in [6.45, 7) is 1.20. The summed E-state index contributed by atoms with van der Waals surface area (Å²) in [4.78, 5) is 25.9. The van der Waals surface area contributed by atoms with Gasteiger partial charge in [-0.15, -0.1) is 0 Å². The highest BCUT2D eigenvalue weighted by atomic mass is 79.9. The molecule has 3 rings (SSSR count). The van der Waals surface area contributed by atoms with E-state index in [1.165, 1.54) is 24.0 Å². The molecule has 1 amide bonds. The lowest BCUT2D eigenvalue weighted by Gasteiger charge is -2.27. The van der Waals surface area contributed by atoms with Crippen molar-refractivity contribution in [1.29, 1.82) is 0 Å². The summed E-state index contributed by atoms with van der Waals surface area (Å²) in [5.41, 5.74) is 0.233. The summed E-state index contributed by atoms with van der Waals surface area (Å²) in [6, 6.07) is 10.5. The molecule has 2 aromatic rings. The van der Waals surface area contributed by atoms with Crippen molar-refractivity contribution in [3.05, 3.63) is 81.0 Å². The first kappa shape index (κ1) is 20.1. The van der Waals surface area contributed by atoms with Crippen molar-refractivity contribution >= 4 is 27.6 Å². The third-order valence-electron chi connectivity index (χ3n) is 4.50. The second-order valence-electron chi connectivity index (χ2n) is 6.40. The molecule has 28 heavy (non-hydrogen) atoms. The van der Waals surface area contributed by atoms with E-state index in [9.17, 15) is 27.9 Å². The van der Waals surface area contributed by atoms with Gasteiger partial charge < -0.3 is 10.0 Å². The number of amides is 1. The van der Waals surface area contributed by atoms with E-state index >= 15 is 0 Å². The Morgan fingerprint density at radius 2 is 1.68 bits per heavy atom. The Labute approximate surface area is 167 Å². The Kier molecular flexibility index (Phi) is 5.34. The average molecular weight is 454 g/mol. The van der Waals surface area contributed by atoms with E-state index < -0.39 is 35.2 Å². The molecule has 0 saturated carbocycles. The lowest BCUT2D eigenvalue weighted by molar-refractivity contribution is -0.137. The van der Waals surface area contributed by atoms with Crippen molar-refractivity contribution in [1.82, 2.24) is 4.90 Å². The lowest BCUT2D eigenvalue weighted by atomic mass is 9.96. The van der Waals surface area contributed by atoms with Crippen LogP contribution in [-0.2, 0) is 22.3 Å². The first-order valence-corrected chi connectivity index (χ1v) is 9.05. The quantitative estimate of drug-likeness (QED) is 0.712. The van der Waals surface area contributed by atoms with Crippen LogP contribution in [0.25, 0.3) is 0 Å². The van der Waals surface area contributed by atoms with Crippen LogP contribution in [0.15, 0.2) is 64.3 Å². The standard InChI is InChI=1S/C20H15BrF3NO3/c1-11(26)16-17(13-4-8-15(21)9-5-13)25(19(28)18(16)27)10-12-2-6-14(7-3-12)20(22,23)24/h2-9,17,27H,10H2,1H3. The van der Waals surface area contributed by atoms with Gasteiger partial charge in [-0.3, -0.25) is 9.59 Å². The Hall–Kier alpha value is -2.61. The zero-order valence-corrected chi connectivity index (χ0v) is 16.2. The molecule has 1 N–H and O–H groups in total. The molecule has 0 fully saturated rings. The first-order valence-electron chi connectivity index (χ1n) is 8.26. The van der Waals surface area contributed by atoms with Gasteiger partial charge in [-0.2, -0.15) is 13.2 Å². The van der Waals surface area contributed by atoms with Crippen molar-refractivity contribution in [2.45, 2.75) is 25.7 Å². The van der Waals surface area contributed by atoms with Crippen LogP contribution in [0, 0.1) is 0 Å². The number of nitrogens with zero attached hydrogens (tertiary/aromatic N) is 1. The third kappa shape index (κ3) is 3.82. The summed E-state index contributed by atoms with van der Waals surface area (Å²) < 4.78 is 39.0. The van der Waals surface area contributed by atoms with Gasteiger partial charge in [0.05, 0.1) is 17.2 Å². The van der Waals surface area contributed by atoms with Gasteiger partial charge >= 0.3 is 6.18 Å². The number of hydrogen-bond acceptors (Lipinski definition) is 3. The predicted molar refractivity (Wildman–Crippen MR) is 99.2 cm³/mol. The van der Waals surface area contributed by atoms with E-state index in [1.54, 1.807) is 24.3 Å². The number of hydrogen-bond donors (Lipinski definition) is 1. The molecule has 0 radical (unpaired) electrons. The van der Waals surface area contributed by atoms with Crippen molar-refractivity contribution in [2.24, 2.45) is 0 Å². The first-order chi connectivity index (χ1) is 13.1. The highest BCUT2D eigenvalue weighted by Gasteiger charge is 2.42. The monoisotopic (exact) mass is 453 g/mol. The molecule has 0 spiro atoms. The fourth-order valence-corrected chi connectivity index (χ4v) is 3.43. The lowest BCUT2D eigenvalue weighted by Crippen LogP contribution is -2.30. The molecule has 4 nitrogen and oxygen atoms in total. The van der Waals surface area contributed by atoms with Crippen molar-refractivity contribution in [3.8, 4) is 0 Å². The van der Waals surface area contributed by atoms with Crippen LogP contribution in [0.4, 0.5) is 13.2 Å². The molecule has 1 unspecified atom stereocenters. The van der Waals surface area contributed by atoms with Crippen LogP contribution in [0.2, 0.25) is 0 Å². The van der Waals surface area contributed by atoms with Crippen molar-refractivity contribution < 1.29 is 27.9 Å². The summed E-state index contributed by atoms with van der Waals surface area (Å²) in [5, 5.41) is 10.2. The molecule has 2 aromatic carbocycles. The van der Waals surface area contributed by atoms with Gasteiger partial charge in [0.2, 0.25) is 0 Å². The maximum absolute atomic E-state index is 12.7. The Bertz CT molecular complexity index is 950. The normalized spacial score (nSPS) is 17.4. The van der Waals surface area contributed by atoms with E-state index in [0.717, 1.165) is 16.6 Å². The number of carbonyl (C=O) groups excluding carboxylic acids is 2. The fourth-order valence-electron chi connectivity index (χ4n) is 3.16. The van der Waals surface area contributed by atoms with E-state index in [4.69, 9.17) is 0 Å². The van der Waals surface area contributed by atoms with E-state index in [1.807, 2.05) is 0 Å². The van der Waals surface area contributed by atoms with Crippen molar-refractivity contribution in [2.75, 3.05) is 0 Å². The number of aliphatic hydroxyl groups excluding tert-OH is 1. The summed E-state index contributed by atoms with van der Waals surface area (Å²) in [6.07, 6.45) is -4.45. The molecule has 8 heteroatoms. The molecule has 1 heterocycles. The zero-order chi connectivity index (χ0) is 20.6. The van der Waals surface area contributed by atoms with Crippen LogP contribution in [0.3, 0.4) is 0 Å². The molecule has 1 aliphatic heterocycles. The molecule has 0 saturated heterocycles.